The number of carbonyl (C=O) groups is 1. The first kappa shape index (κ1) is 10.6. The van der Waals surface area contributed by atoms with Crippen LogP contribution in [0.5, 0.6) is 5.75 Å². The van der Waals surface area contributed by atoms with E-state index in [0.29, 0.717) is 11.3 Å². The predicted octanol–water partition coefficient (Wildman–Crippen LogP) is 2.99. The van der Waals surface area contributed by atoms with Crippen molar-refractivity contribution in [3.63, 3.8) is 0 Å². The van der Waals surface area contributed by atoms with Gasteiger partial charge in [0.25, 0.3) is 0 Å². The van der Waals surface area contributed by atoms with Gasteiger partial charge in [-0.25, -0.2) is 0 Å². The Morgan fingerprint density at radius 2 is 2.00 bits per heavy atom. The lowest BCUT2D eigenvalue weighted by molar-refractivity contribution is 0.0935. The van der Waals surface area contributed by atoms with E-state index in [-0.39, 0.29) is 17.8 Å². The molecule has 3 heteroatoms. The van der Waals surface area contributed by atoms with Crippen LogP contribution >= 0.6 is 0 Å². The van der Waals surface area contributed by atoms with Crippen molar-refractivity contribution in [1.29, 1.82) is 0 Å². The van der Waals surface area contributed by atoms with Crippen LogP contribution in [0.3, 0.4) is 0 Å². The molecule has 94 valence electrons. The number of hydrogen-bond acceptors (Lipinski definition) is 3. The number of ketones is 1. The summed E-state index contributed by atoms with van der Waals surface area (Å²) in [6, 6.07) is 11.6. The van der Waals surface area contributed by atoms with Gasteiger partial charge >= 0.3 is 0 Å². The predicted molar refractivity (Wildman–Crippen MR) is 72.5 cm³/mol. The van der Waals surface area contributed by atoms with Crippen molar-refractivity contribution in [2.24, 2.45) is 0 Å². The molecule has 1 aliphatic heterocycles. The molecule has 3 nitrogen and oxygen atoms in total. The van der Waals surface area contributed by atoms with Crippen molar-refractivity contribution in [1.82, 2.24) is 0 Å². The van der Waals surface area contributed by atoms with Crippen LogP contribution < -0.4 is 10.5 Å². The number of aryl methyl sites for hydroxylation is 1. The largest absolute Gasteiger partial charge is 0.484 e. The van der Waals surface area contributed by atoms with E-state index in [2.05, 4.69) is 0 Å². The smallest absolute Gasteiger partial charge is 0.177 e. The summed E-state index contributed by atoms with van der Waals surface area (Å²) < 4.78 is 5.99. The van der Waals surface area contributed by atoms with Crippen LogP contribution in [0.1, 0.15) is 39.1 Å². The van der Waals surface area contributed by atoms with E-state index >= 15 is 0 Å². The van der Waals surface area contributed by atoms with Crippen molar-refractivity contribution in [3.8, 4) is 5.75 Å². The molecule has 0 saturated heterocycles. The number of nitrogens with two attached hydrogens (primary N) is 1. The van der Waals surface area contributed by atoms with E-state index < -0.39 is 0 Å². The number of benzene rings is 2. The first-order valence-electron chi connectivity index (χ1n) is 6.36. The Balaban J connectivity index is 1.92. The first-order chi connectivity index (χ1) is 9.16. The Morgan fingerprint density at radius 3 is 2.84 bits per heavy atom. The molecule has 0 saturated carbocycles. The fourth-order valence-electron chi connectivity index (χ4n) is 3.16. The zero-order chi connectivity index (χ0) is 13.1. The van der Waals surface area contributed by atoms with Crippen LogP contribution in [-0.4, -0.2) is 5.78 Å². The van der Waals surface area contributed by atoms with E-state index in [4.69, 9.17) is 10.5 Å². The van der Waals surface area contributed by atoms with Gasteiger partial charge in [-0.2, -0.15) is 0 Å². The lowest BCUT2D eigenvalue weighted by Gasteiger charge is -2.10. The number of carbonyl (C=O) groups excluding carboxylic acids is 1. The highest BCUT2D eigenvalue weighted by molar-refractivity contribution is 6.10. The molecule has 0 spiro atoms. The third kappa shape index (κ3) is 1.24. The molecule has 19 heavy (non-hydrogen) atoms. The second-order valence-electron chi connectivity index (χ2n) is 5.23. The van der Waals surface area contributed by atoms with Gasteiger partial charge in [0, 0.05) is 22.4 Å². The molecule has 0 radical (unpaired) electrons. The maximum absolute atomic E-state index is 12.6. The molecule has 0 amide bonds. The molecule has 1 heterocycles. The summed E-state index contributed by atoms with van der Waals surface area (Å²) >= 11 is 0. The van der Waals surface area contributed by atoms with Gasteiger partial charge < -0.3 is 10.5 Å². The minimum absolute atomic E-state index is 0.0840. The number of Topliss-reactive ketones (excluding diaryl/α,β-unsaturated/α-hetero) is 1. The highest BCUT2D eigenvalue weighted by Gasteiger charge is 2.48. The van der Waals surface area contributed by atoms with Gasteiger partial charge in [-0.15, -0.1) is 0 Å². The topological polar surface area (TPSA) is 52.3 Å². The fourth-order valence-corrected chi connectivity index (χ4v) is 3.16. The average molecular weight is 251 g/mol. The lowest BCUT2D eigenvalue weighted by atomic mass is 9.94. The van der Waals surface area contributed by atoms with Crippen molar-refractivity contribution >= 4 is 11.5 Å². The molecule has 2 aromatic rings. The molecular weight excluding hydrogens is 238 g/mol. The number of nitrogen functional groups attached to an aromatic ring is 1. The summed E-state index contributed by atoms with van der Waals surface area (Å²) in [5, 5.41) is 0. The Morgan fingerprint density at radius 1 is 1.16 bits per heavy atom. The van der Waals surface area contributed by atoms with E-state index in [0.717, 1.165) is 22.4 Å². The molecule has 4 rings (SSSR count). The van der Waals surface area contributed by atoms with Crippen LogP contribution in [0.15, 0.2) is 36.4 Å². The Kier molecular flexibility index (Phi) is 1.89. The van der Waals surface area contributed by atoms with Crippen molar-refractivity contribution in [2.75, 3.05) is 5.73 Å². The standard InChI is InChI=1S/C16H13NO2/c1-8-5-6-9-12(7-8)19-16-10-3-2-4-11(17)13(10)15(18)14(9)16/h2-7,14,16H,17H2,1H3. The number of rotatable bonds is 0. The molecule has 0 aromatic heterocycles. The van der Waals surface area contributed by atoms with Gasteiger partial charge in [-0.3, -0.25) is 4.79 Å². The van der Waals surface area contributed by atoms with E-state index in [9.17, 15) is 4.79 Å². The number of fused-ring (bicyclic) bond motifs is 5. The van der Waals surface area contributed by atoms with Crippen molar-refractivity contribution in [3.05, 3.63) is 58.7 Å². The first-order valence-corrected chi connectivity index (χ1v) is 6.36. The molecule has 1 aliphatic carbocycles. The van der Waals surface area contributed by atoms with Crippen LogP contribution in [0, 0.1) is 6.92 Å². The lowest BCUT2D eigenvalue weighted by Crippen LogP contribution is -2.08. The zero-order valence-corrected chi connectivity index (χ0v) is 10.5. The summed E-state index contributed by atoms with van der Waals surface area (Å²) in [4.78, 5) is 12.6. The molecule has 2 N–H and O–H groups in total. The van der Waals surface area contributed by atoms with Gasteiger partial charge in [-0.05, 0) is 24.6 Å². The van der Waals surface area contributed by atoms with Crippen molar-refractivity contribution < 1.29 is 9.53 Å². The number of anilines is 1. The molecule has 0 fully saturated rings. The van der Waals surface area contributed by atoms with Gasteiger partial charge in [0.15, 0.2) is 5.78 Å². The summed E-state index contributed by atoms with van der Waals surface area (Å²) in [6.07, 6.45) is -0.206. The highest BCUT2D eigenvalue weighted by Crippen LogP contribution is 2.53. The minimum Gasteiger partial charge on any atom is -0.484 e. The van der Waals surface area contributed by atoms with Crippen LogP contribution in [0.2, 0.25) is 0 Å². The monoisotopic (exact) mass is 251 g/mol. The quantitative estimate of drug-likeness (QED) is 0.732. The van der Waals surface area contributed by atoms with Crippen LogP contribution in [0.4, 0.5) is 5.69 Å². The van der Waals surface area contributed by atoms with Gasteiger partial charge in [0.2, 0.25) is 0 Å². The van der Waals surface area contributed by atoms with Crippen LogP contribution in [-0.2, 0) is 0 Å². The number of ether oxygens (including phenoxy) is 1. The van der Waals surface area contributed by atoms with Gasteiger partial charge in [-0.1, -0.05) is 24.3 Å². The Bertz CT molecular complexity index is 721. The van der Waals surface area contributed by atoms with Gasteiger partial charge in [0.1, 0.15) is 11.9 Å². The maximum atomic E-state index is 12.6. The third-order valence-electron chi connectivity index (χ3n) is 4.03. The normalized spacial score (nSPS) is 22.7. The molecule has 2 atom stereocenters. The Hall–Kier alpha value is -2.29. The number of hydrogen-bond donors (Lipinski definition) is 1. The molecule has 0 bridgehead atoms. The average Bonchev–Trinajstić information content (AvgIpc) is 2.87. The summed E-state index contributed by atoms with van der Waals surface area (Å²) in [5.41, 5.74) is 10.2. The maximum Gasteiger partial charge on any atom is 0.177 e. The molecule has 2 aromatic carbocycles. The minimum atomic E-state index is -0.227. The Labute approximate surface area is 111 Å². The molecule has 2 unspecified atom stereocenters. The zero-order valence-electron chi connectivity index (χ0n) is 10.5. The molecular formula is C16H13NO2. The van der Waals surface area contributed by atoms with Crippen molar-refractivity contribution in [2.45, 2.75) is 18.9 Å². The van der Waals surface area contributed by atoms with E-state index in [1.165, 1.54) is 0 Å². The SMILES string of the molecule is Cc1ccc2c(c1)OC1c3cccc(N)c3C(=O)C21. The second kappa shape index (κ2) is 3.38. The second-order valence-corrected chi connectivity index (χ2v) is 5.23. The van der Waals surface area contributed by atoms with Crippen LogP contribution in [0.25, 0.3) is 0 Å². The summed E-state index contributed by atoms with van der Waals surface area (Å²) in [7, 11) is 0. The summed E-state index contributed by atoms with van der Waals surface area (Å²) in [6.45, 7) is 2.02. The highest BCUT2D eigenvalue weighted by atomic mass is 16.5. The molecule has 2 aliphatic rings. The van der Waals surface area contributed by atoms with Gasteiger partial charge in [0.05, 0.1) is 5.92 Å². The fraction of sp³-hybridized carbons (Fsp3) is 0.188. The summed E-state index contributed by atoms with van der Waals surface area (Å²) in [5.74, 6) is 0.687. The van der Waals surface area contributed by atoms with E-state index in [1.807, 2.05) is 37.3 Å². The third-order valence-corrected chi connectivity index (χ3v) is 4.03. The van der Waals surface area contributed by atoms with E-state index in [1.54, 1.807) is 6.07 Å².